The largest absolute Gasteiger partial charge is 0.487 e. The lowest BCUT2D eigenvalue weighted by Crippen LogP contribution is -2.43. The van der Waals surface area contributed by atoms with Crippen LogP contribution in [0.25, 0.3) is 0 Å². The second-order valence-electron chi connectivity index (χ2n) is 8.17. The smallest absolute Gasteiger partial charge is 0.221 e. The molecule has 1 unspecified atom stereocenters. The van der Waals surface area contributed by atoms with E-state index in [9.17, 15) is 4.79 Å². The summed E-state index contributed by atoms with van der Waals surface area (Å²) in [7, 11) is 0. The predicted molar refractivity (Wildman–Crippen MR) is 95.8 cm³/mol. The molecule has 132 valence electrons. The molecule has 4 heteroatoms. The summed E-state index contributed by atoms with van der Waals surface area (Å²) in [5.74, 6) is 1.00. The van der Waals surface area contributed by atoms with Gasteiger partial charge in [-0.3, -0.25) is 4.79 Å². The molecule has 1 fully saturated rings. The fraction of sp³-hybridized carbons (Fsp3) is 0.650. The van der Waals surface area contributed by atoms with Crippen LogP contribution in [0.5, 0.6) is 5.75 Å². The summed E-state index contributed by atoms with van der Waals surface area (Å²) in [6, 6.07) is 8.02. The Balaban J connectivity index is 1.72. The van der Waals surface area contributed by atoms with Crippen molar-refractivity contribution < 1.29 is 9.53 Å². The van der Waals surface area contributed by atoms with Gasteiger partial charge in [0.05, 0.1) is 6.04 Å². The molecular formula is C20H30N2O2. The van der Waals surface area contributed by atoms with Crippen molar-refractivity contribution in [2.45, 2.75) is 70.4 Å². The van der Waals surface area contributed by atoms with Crippen LogP contribution in [0.3, 0.4) is 0 Å². The highest BCUT2D eigenvalue weighted by atomic mass is 16.5. The van der Waals surface area contributed by atoms with Gasteiger partial charge in [0.2, 0.25) is 5.91 Å². The maximum absolute atomic E-state index is 12.8. The molecule has 1 aromatic carbocycles. The number of fused-ring (bicyclic) bond motifs is 1. The Labute approximate surface area is 145 Å². The van der Waals surface area contributed by atoms with E-state index in [-0.39, 0.29) is 23.0 Å². The number of benzene rings is 1. The highest BCUT2D eigenvalue weighted by Crippen LogP contribution is 2.41. The van der Waals surface area contributed by atoms with Gasteiger partial charge in [0.15, 0.2) is 0 Å². The predicted octanol–water partition coefficient (Wildman–Crippen LogP) is 3.70. The minimum absolute atomic E-state index is 0.00252. The zero-order valence-electron chi connectivity index (χ0n) is 14.9. The average Bonchev–Trinajstić information content (AvgIpc) is 2.54. The Bertz CT molecular complexity index is 591. The van der Waals surface area contributed by atoms with Crippen molar-refractivity contribution >= 4 is 5.91 Å². The van der Waals surface area contributed by atoms with Gasteiger partial charge in [-0.05, 0) is 44.7 Å². The Morgan fingerprint density at radius 1 is 1.25 bits per heavy atom. The molecule has 0 aromatic heterocycles. The number of nitrogens with two attached hydrogens (primary N) is 1. The van der Waals surface area contributed by atoms with Gasteiger partial charge in [-0.15, -0.1) is 0 Å². The molecule has 1 aliphatic carbocycles. The zero-order chi connectivity index (χ0) is 17.2. The van der Waals surface area contributed by atoms with Gasteiger partial charge < -0.3 is 15.8 Å². The zero-order valence-corrected chi connectivity index (χ0v) is 14.9. The molecule has 1 aliphatic heterocycles. The van der Waals surface area contributed by atoms with Crippen molar-refractivity contribution in [2.24, 2.45) is 11.1 Å². The number of hydrogen-bond acceptors (Lipinski definition) is 3. The van der Waals surface area contributed by atoms with Crippen molar-refractivity contribution in [1.29, 1.82) is 0 Å². The summed E-state index contributed by atoms with van der Waals surface area (Å²) >= 11 is 0. The first-order valence-electron chi connectivity index (χ1n) is 9.20. The maximum Gasteiger partial charge on any atom is 0.221 e. The van der Waals surface area contributed by atoms with Gasteiger partial charge in [0.25, 0.3) is 0 Å². The van der Waals surface area contributed by atoms with E-state index in [0.29, 0.717) is 13.0 Å². The number of nitrogens with one attached hydrogen (secondary N) is 1. The fourth-order valence-electron chi connectivity index (χ4n) is 4.27. The minimum Gasteiger partial charge on any atom is -0.487 e. The quantitative estimate of drug-likeness (QED) is 0.884. The molecule has 1 atom stereocenters. The van der Waals surface area contributed by atoms with Crippen LogP contribution in [0.2, 0.25) is 0 Å². The highest BCUT2D eigenvalue weighted by Gasteiger charge is 2.37. The van der Waals surface area contributed by atoms with Gasteiger partial charge in [0.1, 0.15) is 11.4 Å². The SMILES string of the molecule is CC1(C)CC(NC(=O)CC2(CN)CCCCC2)c2ccccc2O1. The van der Waals surface area contributed by atoms with E-state index in [1.54, 1.807) is 0 Å². The van der Waals surface area contributed by atoms with Gasteiger partial charge in [-0.2, -0.15) is 0 Å². The number of ether oxygens (including phenoxy) is 1. The normalized spacial score (nSPS) is 24.5. The van der Waals surface area contributed by atoms with Crippen molar-refractivity contribution in [3.8, 4) is 5.75 Å². The summed E-state index contributed by atoms with van der Waals surface area (Å²) in [6.07, 6.45) is 7.13. The van der Waals surface area contributed by atoms with E-state index >= 15 is 0 Å². The Hall–Kier alpha value is -1.55. The summed E-state index contributed by atoms with van der Waals surface area (Å²) in [6.45, 7) is 4.76. The van der Waals surface area contributed by atoms with Crippen molar-refractivity contribution in [3.05, 3.63) is 29.8 Å². The number of carbonyl (C=O) groups is 1. The van der Waals surface area contributed by atoms with Crippen LogP contribution in [0.1, 0.15) is 70.4 Å². The van der Waals surface area contributed by atoms with Crippen molar-refractivity contribution in [3.63, 3.8) is 0 Å². The topological polar surface area (TPSA) is 64.4 Å². The number of amides is 1. The second kappa shape index (κ2) is 6.75. The molecule has 1 saturated carbocycles. The van der Waals surface area contributed by atoms with E-state index in [0.717, 1.165) is 30.6 Å². The highest BCUT2D eigenvalue weighted by molar-refractivity contribution is 5.77. The number of rotatable bonds is 4. The fourth-order valence-corrected chi connectivity index (χ4v) is 4.27. The monoisotopic (exact) mass is 330 g/mol. The van der Waals surface area contributed by atoms with Gasteiger partial charge in [-0.1, -0.05) is 37.5 Å². The minimum atomic E-state index is -0.275. The van der Waals surface area contributed by atoms with Crippen LogP contribution >= 0.6 is 0 Å². The third kappa shape index (κ3) is 3.75. The van der Waals surface area contributed by atoms with E-state index in [4.69, 9.17) is 10.5 Å². The first-order valence-corrected chi connectivity index (χ1v) is 9.20. The Morgan fingerprint density at radius 2 is 1.96 bits per heavy atom. The van der Waals surface area contributed by atoms with E-state index in [2.05, 4.69) is 25.2 Å². The number of para-hydroxylation sites is 1. The molecule has 0 saturated heterocycles. The lowest BCUT2D eigenvalue weighted by Gasteiger charge is -2.39. The molecule has 0 radical (unpaired) electrons. The first-order chi connectivity index (χ1) is 11.4. The van der Waals surface area contributed by atoms with Gasteiger partial charge in [-0.25, -0.2) is 0 Å². The third-order valence-electron chi connectivity index (χ3n) is 5.59. The lowest BCUT2D eigenvalue weighted by molar-refractivity contribution is -0.125. The third-order valence-corrected chi connectivity index (χ3v) is 5.59. The lowest BCUT2D eigenvalue weighted by atomic mass is 9.71. The van der Waals surface area contributed by atoms with Crippen molar-refractivity contribution in [2.75, 3.05) is 6.54 Å². The molecule has 0 bridgehead atoms. The van der Waals surface area contributed by atoms with E-state index < -0.39 is 0 Å². The standard InChI is InChI=1S/C20H30N2O2/c1-19(2)12-16(15-8-4-5-9-17(15)24-19)22-18(23)13-20(14-21)10-6-3-7-11-20/h4-5,8-9,16H,3,6-7,10-14,21H2,1-2H3,(H,22,23). The van der Waals surface area contributed by atoms with Crippen LogP contribution in [0.4, 0.5) is 0 Å². The van der Waals surface area contributed by atoms with Crippen molar-refractivity contribution in [1.82, 2.24) is 5.32 Å². The van der Waals surface area contributed by atoms with Gasteiger partial charge in [0, 0.05) is 18.4 Å². The Morgan fingerprint density at radius 3 is 2.67 bits per heavy atom. The second-order valence-corrected chi connectivity index (χ2v) is 8.17. The molecule has 1 amide bonds. The summed E-state index contributed by atoms with van der Waals surface area (Å²) in [5, 5.41) is 3.26. The van der Waals surface area contributed by atoms with Crippen LogP contribution < -0.4 is 15.8 Å². The molecular weight excluding hydrogens is 300 g/mol. The molecule has 4 nitrogen and oxygen atoms in total. The van der Waals surface area contributed by atoms with E-state index in [1.807, 2.05) is 18.2 Å². The molecule has 24 heavy (non-hydrogen) atoms. The molecule has 3 N–H and O–H groups in total. The number of hydrogen-bond donors (Lipinski definition) is 2. The summed E-state index contributed by atoms with van der Waals surface area (Å²) in [4.78, 5) is 12.8. The molecule has 1 heterocycles. The maximum atomic E-state index is 12.8. The summed E-state index contributed by atoms with van der Waals surface area (Å²) < 4.78 is 6.05. The first kappa shape index (κ1) is 17.3. The van der Waals surface area contributed by atoms with Gasteiger partial charge >= 0.3 is 0 Å². The molecule has 2 aliphatic rings. The van der Waals surface area contributed by atoms with Crippen LogP contribution in [-0.4, -0.2) is 18.1 Å². The van der Waals surface area contributed by atoms with E-state index in [1.165, 1.54) is 19.3 Å². The average molecular weight is 330 g/mol. The molecule has 1 aromatic rings. The Kier molecular flexibility index (Phi) is 4.86. The molecule has 3 rings (SSSR count). The number of carbonyl (C=O) groups excluding carboxylic acids is 1. The van der Waals surface area contributed by atoms with Crippen LogP contribution in [-0.2, 0) is 4.79 Å². The van der Waals surface area contributed by atoms with Crippen LogP contribution in [0.15, 0.2) is 24.3 Å². The van der Waals surface area contributed by atoms with Crippen LogP contribution in [0, 0.1) is 5.41 Å². The molecule has 0 spiro atoms. The summed E-state index contributed by atoms with van der Waals surface area (Å²) in [5.41, 5.74) is 6.85.